The van der Waals surface area contributed by atoms with Crippen molar-refractivity contribution in [2.45, 2.75) is 58.0 Å². The second kappa shape index (κ2) is 12.3. The van der Waals surface area contributed by atoms with Crippen LogP contribution >= 0.6 is 0 Å². The molecule has 3 aromatic carbocycles. The van der Waals surface area contributed by atoms with Crippen molar-refractivity contribution in [3.05, 3.63) is 101 Å². The molecule has 0 spiro atoms. The molecule has 1 heterocycles. The van der Waals surface area contributed by atoms with Crippen LogP contribution in [0, 0.1) is 5.92 Å². The number of carbonyl (C=O) groups is 1. The summed E-state index contributed by atoms with van der Waals surface area (Å²) in [6.45, 7) is 7.03. The molecular formula is C31H38N2O4. The Kier molecular flexibility index (Phi) is 8.85. The molecule has 37 heavy (non-hydrogen) atoms. The summed E-state index contributed by atoms with van der Waals surface area (Å²) in [6.07, 6.45) is -0.382. The maximum absolute atomic E-state index is 13.5. The molecule has 6 heteroatoms. The second-order valence-electron chi connectivity index (χ2n) is 10.0. The number of aliphatic hydroxyl groups is 1. The zero-order valence-electron chi connectivity index (χ0n) is 22.1. The van der Waals surface area contributed by atoms with Crippen LogP contribution < -0.4 is 10.1 Å². The Labute approximate surface area is 220 Å². The van der Waals surface area contributed by atoms with Crippen LogP contribution in [0.25, 0.3) is 0 Å². The quantitative estimate of drug-likeness (QED) is 0.395. The summed E-state index contributed by atoms with van der Waals surface area (Å²) in [6, 6.07) is 25.2. The van der Waals surface area contributed by atoms with Gasteiger partial charge in [0.25, 0.3) is 0 Å². The van der Waals surface area contributed by atoms with Gasteiger partial charge in [0.15, 0.2) is 0 Å². The number of benzene rings is 3. The van der Waals surface area contributed by atoms with Crippen LogP contribution in [0.5, 0.6) is 5.75 Å². The highest BCUT2D eigenvalue weighted by Crippen LogP contribution is 2.41. The highest BCUT2D eigenvalue weighted by Gasteiger charge is 2.49. The Bertz CT molecular complexity index is 1150. The number of rotatable bonds is 9. The Morgan fingerprint density at radius 3 is 2.32 bits per heavy atom. The van der Waals surface area contributed by atoms with Crippen molar-refractivity contribution in [3.63, 3.8) is 0 Å². The summed E-state index contributed by atoms with van der Waals surface area (Å²) in [7, 11) is 1.68. The van der Waals surface area contributed by atoms with E-state index in [1.165, 1.54) is 5.56 Å². The summed E-state index contributed by atoms with van der Waals surface area (Å²) in [5, 5.41) is 14.1. The summed E-state index contributed by atoms with van der Waals surface area (Å²) in [4.78, 5) is 15.3. The van der Waals surface area contributed by atoms with Crippen molar-refractivity contribution < 1.29 is 19.4 Å². The molecule has 4 atom stereocenters. The number of methoxy groups -OCH3 is 1. The highest BCUT2D eigenvalue weighted by molar-refractivity contribution is 5.70. The minimum absolute atomic E-state index is 0.0478. The molecule has 1 amide bonds. The van der Waals surface area contributed by atoms with Crippen LogP contribution in [0.4, 0.5) is 4.79 Å². The Hall–Kier alpha value is -3.35. The van der Waals surface area contributed by atoms with E-state index in [0.29, 0.717) is 12.5 Å². The van der Waals surface area contributed by atoms with Gasteiger partial charge in [-0.05, 0) is 35.6 Å². The SMILES string of the molecule is COc1ccc(C(C)C)cc1CN[C@@H]1[C@H](CO)[C@H](C)N(C(=O)OCc2ccccc2)[C@H]1c1ccccc1. The summed E-state index contributed by atoms with van der Waals surface area (Å²) < 4.78 is 11.4. The van der Waals surface area contributed by atoms with E-state index in [2.05, 4.69) is 31.3 Å². The number of ether oxygens (including phenoxy) is 2. The first kappa shape index (κ1) is 26.7. The first-order valence-electron chi connectivity index (χ1n) is 13.0. The number of nitrogens with one attached hydrogen (secondary N) is 1. The molecule has 0 unspecified atom stereocenters. The van der Waals surface area contributed by atoms with E-state index < -0.39 is 0 Å². The fraction of sp³-hybridized carbons (Fsp3) is 0.387. The summed E-state index contributed by atoms with van der Waals surface area (Å²) in [5.41, 5.74) is 4.23. The second-order valence-corrected chi connectivity index (χ2v) is 10.0. The fourth-order valence-electron chi connectivity index (χ4n) is 5.31. The van der Waals surface area contributed by atoms with Crippen LogP contribution in [0.15, 0.2) is 78.9 Å². The molecule has 1 saturated heterocycles. The summed E-state index contributed by atoms with van der Waals surface area (Å²) >= 11 is 0. The predicted octanol–water partition coefficient (Wildman–Crippen LogP) is 5.67. The maximum atomic E-state index is 13.5. The van der Waals surface area contributed by atoms with Gasteiger partial charge >= 0.3 is 6.09 Å². The van der Waals surface area contributed by atoms with Crippen LogP contribution in [-0.2, 0) is 17.9 Å². The lowest BCUT2D eigenvalue weighted by Crippen LogP contribution is -2.40. The predicted molar refractivity (Wildman–Crippen MR) is 145 cm³/mol. The number of carbonyl (C=O) groups excluding carboxylic acids is 1. The molecule has 1 aliphatic heterocycles. The van der Waals surface area contributed by atoms with Crippen LogP contribution in [0.3, 0.4) is 0 Å². The van der Waals surface area contributed by atoms with Gasteiger partial charge in [0.1, 0.15) is 12.4 Å². The van der Waals surface area contributed by atoms with Crippen LogP contribution in [-0.4, -0.2) is 41.9 Å². The molecular weight excluding hydrogens is 464 g/mol. The van der Waals surface area contributed by atoms with E-state index in [0.717, 1.165) is 22.4 Å². The molecule has 6 nitrogen and oxygen atoms in total. The van der Waals surface area contributed by atoms with Crippen LogP contribution in [0.2, 0.25) is 0 Å². The molecule has 4 rings (SSSR count). The van der Waals surface area contributed by atoms with Crippen molar-refractivity contribution in [2.24, 2.45) is 5.92 Å². The molecule has 0 saturated carbocycles. The number of nitrogens with zero attached hydrogens (tertiary/aromatic N) is 1. The molecule has 1 aliphatic rings. The number of hydrogen-bond acceptors (Lipinski definition) is 5. The average molecular weight is 503 g/mol. The summed E-state index contributed by atoms with van der Waals surface area (Å²) in [5.74, 6) is 1.04. The smallest absolute Gasteiger partial charge is 0.410 e. The normalized spacial score (nSPS) is 21.3. The maximum Gasteiger partial charge on any atom is 0.410 e. The van der Waals surface area contributed by atoms with Crippen LogP contribution in [0.1, 0.15) is 55.0 Å². The van der Waals surface area contributed by atoms with Gasteiger partial charge in [0.2, 0.25) is 0 Å². The first-order valence-corrected chi connectivity index (χ1v) is 13.0. The largest absolute Gasteiger partial charge is 0.496 e. The lowest BCUT2D eigenvalue weighted by atomic mass is 9.91. The molecule has 0 radical (unpaired) electrons. The third-order valence-corrected chi connectivity index (χ3v) is 7.43. The fourth-order valence-corrected chi connectivity index (χ4v) is 5.31. The van der Waals surface area contributed by atoms with Gasteiger partial charge in [-0.3, -0.25) is 4.90 Å². The van der Waals surface area contributed by atoms with Gasteiger partial charge < -0.3 is 19.9 Å². The Balaban J connectivity index is 1.62. The minimum Gasteiger partial charge on any atom is -0.496 e. The van der Waals surface area contributed by atoms with Crippen molar-refractivity contribution in [2.75, 3.05) is 13.7 Å². The van der Waals surface area contributed by atoms with E-state index >= 15 is 0 Å². The third kappa shape index (κ3) is 5.97. The van der Waals surface area contributed by atoms with E-state index in [1.807, 2.05) is 73.7 Å². The third-order valence-electron chi connectivity index (χ3n) is 7.43. The standard InChI is InChI=1S/C31H38N2O4/c1-21(2)25-15-16-28(36-4)26(17-25)18-32-29-27(19-34)22(3)33(30(29)24-13-9-6-10-14-24)31(35)37-20-23-11-7-5-8-12-23/h5-17,21-22,27,29-30,32,34H,18-20H2,1-4H3/t22-,27+,29+,30-/m0/s1. The zero-order chi connectivity index (χ0) is 26.4. The monoisotopic (exact) mass is 502 g/mol. The molecule has 1 fully saturated rings. The Morgan fingerprint density at radius 2 is 1.70 bits per heavy atom. The van der Waals surface area contributed by atoms with E-state index in [9.17, 15) is 9.90 Å². The van der Waals surface area contributed by atoms with Gasteiger partial charge in [-0.2, -0.15) is 0 Å². The van der Waals surface area contributed by atoms with Gasteiger partial charge in [-0.15, -0.1) is 0 Å². The number of likely N-dealkylation sites (tertiary alicyclic amines) is 1. The molecule has 3 aromatic rings. The highest BCUT2D eigenvalue weighted by atomic mass is 16.6. The van der Waals surface area contributed by atoms with Crippen molar-refractivity contribution in [1.29, 1.82) is 0 Å². The zero-order valence-corrected chi connectivity index (χ0v) is 22.1. The van der Waals surface area contributed by atoms with E-state index in [4.69, 9.17) is 9.47 Å². The van der Waals surface area contributed by atoms with Gasteiger partial charge in [0, 0.05) is 36.7 Å². The van der Waals surface area contributed by atoms with E-state index in [1.54, 1.807) is 12.0 Å². The van der Waals surface area contributed by atoms with Gasteiger partial charge in [-0.1, -0.05) is 86.6 Å². The van der Waals surface area contributed by atoms with Crippen molar-refractivity contribution in [1.82, 2.24) is 10.2 Å². The van der Waals surface area contributed by atoms with Crippen molar-refractivity contribution >= 4 is 6.09 Å². The van der Waals surface area contributed by atoms with Gasteiger partial charge in [-0.25, -0.2) is 4.79 Å². The lowest BCUT2D eigenvalue weighted by molar-refractivity contribution is 0.0748. The molecule has 0 aliphatic carbocycles. The minimum atomic E-state index is -0.382. The van der Waals surface area contributed by atoms with Crippen molar-refractivity contribution in [3.8, 4) is 5.75 Å². The first-order chi connectivity index (χ1) is 17.9. The number of amides is 1. The van der Waals surface area contributed by atoms with E-state index in [-0.39, 0.29) is 43.4 Å². The topological polar surface area (TPSA) is 71.0 Å². The lowest BCUT2D eigenvalue weighted by Gasteiger charge is -2.30. The number of aliphatic hydroxyl groups excluding tert-OH is 1. The van der Waals surface area contributed by atoms with Gasteiger partial charge in [0.05, 0.1) is 13.2 Å². The number of hydrogen-bond donors (Lipinski definition) is 2. The molecule has 0 bridgehead atoms. The molecule has 2 N–H and O–H groups in total. The molecule has 0 aromatic heterocycles. The average Bonchev–Trinajstić information content (AvgIpc) is 3.22. The Morgan fingerprint density at radius 1 is 1.03 bits per heavy atom. The molecule has 196 valence electrons.